The Bertz CT molecular complexity index is 261. The summed E-state index contributed by atoms with van der Waals surface area (Å²) in [6, 6.07) is 0.761. The van der Waals surface area contributed by atoms with Gasteiger partial charge in [0.25, 0.3) is 0 Å². The van der Waals surface area contributed by atoms with Crippen LogP contribution in [0.25, 0.3) is 0 Å². The number of hydrogen-bond donors (Lipinski definition) is 2. The first-order valence-corrected chi connectivity index (χ1v) is 6.54. The van der Waals surface area contributed by atoms with E-state index in [0.717, 1.165) is 19.4 Å². The molecule has 1 fully saturated rings. The summed E-state index contributed by atoms with van der Waals surface area (Å²) in [5, 5.41) is 6.39. The van der Waals surface area contributed by atoms with Crippen LogP contribution in [-0.4, -0.2) is 30.3 Å². The quantitative estimate of drug-likeness (QED) is 0.798. The molecule has 0 spiro atoms. The molecule has 3 atom stereocenters. The SMILES string of the molecule is CCC1CC([C@H](C)NC(=O)OC(C)(C)C)CN1. The molecule has 1 aliphatic heterocycles. The van der Waals surface area contributed by atoms with Crippen molar-refractivity contribution in [3.63, 3.8) is 0 Å². The van der Waals surface area contributed by atoms with Gasteiger partial charge in [0.15, 0.2) is 0 Å². The summed E-state index contributed by atoms with van der Waals surface area (Å²) in [7, 11) is 0. The van der Waals surface area contributed by atoms with Gasteiger partial charge in [0.2, 0.25) is 0 Å². The number of rotatable bonds is 3. The molecule has 17 heavy (non-hydrogen) atoms. The lowest BCUT2D eigenvalue weighted by Gasteiger charge is -2.24. The van der Waals surface area contributed by atoms with E-state index in [9.17, 15) is 4.79 Å². The monoisotopic (exact) mass is 242 g/mol. The van der Waals surface area contributed by atoms with E-state index in [2.05, 4.69) is 17.6 Å². The summed E-state index contributed by atoms with van der Waals surface area (Å²) in [4.78, 5) is 11.6. The Morgan fingerprint density at radius 3 is 2.65 bits per heavy atom. The van der Waals surface area contributed by atoms with Gasteiger partial charge in [-0.05, 0) is 46.5 Å². The van der Waals surface area contributed by atoms with Crippen molar-refractivity contribution in [1.29, 1.82) is 0 Å². The third-order valence-corrected chi connectivity index (χ3v) is 3.20. The van der Waals surface area contributed by atoms with E-state index in [1.165, 1.54) is 0 Å². The summed E-state index contributed by atoms with van der Waals surface area (Å²) >= 11 is 0. The fraction of sp³-hybridized carbons (Fsp3) is 0.923. The molecule has 2 unspecified atom stereocenters. The molecule has 4 heteroatoms. The maximum absolute atomic E-state index is 11.6. The zero-order valence-electron chi connectivity index (χ0n) is 11.7. The van der Waals surface area contributed by atoms with Crippen LogP contribution in [0.2, 0.25) is 0 Å². The molecule has 0 saturated carbocycles. The second kappa shape index (κ2) is 5.71. The van der Waals surface area contributed by atoms with Crippen molar-refractivity contribution in [2.75, 3.05) is 6.54 Å². The predicted octanol–water partition coefficient (Wildman–Crippen LogP) is 2.29. The highest BCUT2D eigenvalue weighted by molar-refractivity contribution is 5.68. The van der Waals surface area contributed by atoms with Crippen molar-refractivity contribution in [2.45, 2.75) is 65.1 Å². The van der Waals surface area contributed by atoms with Crippen molar-refractivity contribution in [3.05, 3.63) is 0 Å². The van der Waals surface area contributed by atoms with Crippen molar-refractivity contribution in [3.8, 4) is 0 Å². The Labute approximate surface area is 104 Å². The molecule has 1 aliphatic rings. The van der Waals surface area contributed by atoms with Crippen molar-refractivity contribution in [1.82, 2.24) is 10.6 Å². The Morgan fingerprint density at radius 2 is 2.18 bits per heavy atom. The van der Waals surface area contributed by atoms with E-state index >= 15 is 0 Å². The molecule has 1 heterocycles. The molecule has 0 aromatic rings. The summed E-state index contributed by atoms with van der Waals surface area (Å²) in [5.41, 5.74) is -0.427. The first-order chi connectivity index (χ1) is 7.81. The van der Waals surface area contributed by atoms with E-state index in [1.54, 1.807) is 0 Å². The van der Waals surface area contributed by atoms with Crippen molar-refractivity contribution < 1.29 is 9.53 Å². The Kier molecular flexibility index (Phi) is 4.80. The predicted molar refractivity (Wildman–Crippen MR) is 69.0 cm³/mol. The minimum atomic E-state index is -0.427. The van der Waals surface area contributed by atoms with Gasteiger partial charge < -0.3 is 15.4 Å². The minimum absolute atomic E-state index is 0.161. The van der Waals surface area contributed by atoms with Crippen LogP contribution >= 0.6 is 0 Å². The number of carbonyl (C=O) groups is 1. The average Bonchev–Trinajstić information content (AvgIpc) is 2.62. The molecule has 100 valence electrons. The first-order valence-electron chi connectivity index (χ1n) is 6.54. The van der Waals surface area contributed by atoms with Crippen LogP contribution in [-0.2, 0) is 4.74 Å². The van der Waals surface area contributed by atoms with Gasteiger partial charge in [-0.15, -0.1) is 0 Å². The summed E-state index contributed by atoms with van der Waals surface area (Å²) in [5.74, 6) is 0.507. The maximum Gasteiger partial charge on any atom is 0.407 e. The zero-order valence-corrected chi connectivity index (χ0v) is 11.7. The standard InChI is InChI=1S/C13H26N2O2/c1-6-11-7-10(8-14-11)9(2)15-12(16)17-13(3,4)5/h9-11,14H,6-8H2,1-5H3,(H,15,16)/t9-,10?,11?/m0/s1. The van der Waals surface area contributed by atoms with Crippen LogP contribution < -0.4 is 10.6 Å². The smallest absolute Gasteiger partial charge is 0.407 e. The molecular weight excluding hydrogens is 216 g/mol. The summed E-state index contributed by atoms with van der Waals surface area (Å²) < 4.78 is 5.25. The van der Waals surface area contributed by atoms with E-state index < -0.39 is 5.60 Å². The molecule has 0 bridgehead atoms. The van der Waals surface area contributed by atoms with Crippen LogP contribution in [0.15, 0.2) is 0 Å². The van der Waals surface area contributed by atoms with Crippen molar-refractivity contribution >= 4 is 6.09 Å². The van der Waals surface area contributed by atoms with Crippen LogP contribution in [0, 0.1) is 5.92 Å². The number of hydrogen-bond acceptors (Lipinski definition) is 3. The zero-order chi connectivity index (χ0) is 13.1. The highest BCUT2D eigenvalue weighted by Gasteiger charge is 2.29. The van der Waals surface area contributed by atoms with E-state index in [4.69, 9.17) is 4.74 Å². The first kappa shape index (κ1) is 14.3. The molecule has 0 aromatic carbocycles. The minimum Gasteiger partial charge on any atom is -0.444 e. The Hall–Kier alpha value is -0.770. The number of nitrogens with one attached hydrogen (secondary N) is 2. The normalized spacial score (nSPS) is 26.6. The van der Waals surface area contributed by atoms with Crippen molar-refractivity contribution in [2.24, 2.45) is 5.92 Å². The molecule has 2 N–H and O–H groups in total. The van der Waals surface area contributed by atoms with E-state index in [0.29, 0.717) is 12.0 Å². The maximum atomic E-state index is 11.6. The number of amides is 1. The number of carbonyl (C=O) groups excluding carboxylic acids is 1. The van der Waals surface area contributed by atoms with Gasteiger partial charge >= 0.3 is 6.09 Å². The van der Waals surface area contributed by atoms with Gasteiger partial charge in [0.05, 0.1) is 0 Å². The van der Waals surface area contributed by atoms with E-state index in [1.807, 2.05) is 27.7 Å². The topological polar surface area (TPSA) is 50.4 Å². The average molecular weight is 242 g/mol. The molecule has 0 aliphatic carbocycles. The summed E-state index contributed by atoms with van der Waals surface area (Å²) in [6.07, 6.45) is 1.97. The number of ether oxygens (including phenoxy) is 1. The largest absolute Gasteiger partial charge is 0.444 e. The third-order valence-electron chi connectivity index (χ3n) is 3.20. The van der Waals surface area contributed by atoms with Gasteiger partial charge in [-0.2, -0.15) is 0 Å². The van der Waals surface area contributed by atoms with Crippen LogP contribution in [0.3, 0.4) is 0 Å². The fourth-order valence-corrected chi connectivity index (χ4v) is 2.15. The second-order valence-electron chi connectivity index (χ2n) is 5.94. The lowest BCUT2D eigenvalue weighted by Crippen LogP contribution is -2.41. The number of alkyl carbamates (subject to hydrolysis) is 1. The van der Waals surface area contributed by atoms with Crippen LogP contribution in [0.1, 0.15) is 47.5 Å². The molecule has 4 nitrogen and oxygen atoms in total. The lowest BCUT2D eigenvalue weighted by molar-refractivity contribution is 0.0494. The lowest BCUT2D eigenvalue weighted by atomic mass is 9.97. The van der Waals surface area contributed by atoms with Gasteiger partial charge in [-0.1, -0.05) is 6.92 Å². The van der Waals surface area contributed by atoms with Crippen LogP contribution in [0.4, 0.5) is 4.79 Å². The fourth-order valence-electron chi connectivity index (χ4n) is 2.15. The highest BCUT2D eigenvalue weighted by atomic mass is 16.6. The second-order valence-corrected chi connectivity index (χ2v) is 5.94. The highest BCUT2D eigenvalue weighted by Crippen LogP contribution is 2.19. The molecule has 1 rings (SSSR count). The van der Waals surface area contributed by atoms with Gasteiger partial charge in [-0.25, -0.2) is 4.79 Å². The van der Waals surface area contributed by atoms with Crippen LogP contribution in [0.5, 0.6) is 0 Å². The summed E-state index contributed by atoms with van der Waals surface area (Å²) in [6.45, 7) is 10.8. The molecule has 1 saturated heterocycles. The van der Waals surface area contributed by atoms with Gasteiger partial charge in [0, 0.05) is 18.6 Å². The molecule has 0 radical (unpaired) electrons. The molecule has 1 amide bonds. The molecule has 0 aromatic heterocycles. The van der Waals surface area contributed by atoms with E-state index in [-0.39, 0.29) is 12.1 Å². The molecular formula is C13H26N2O2. The Balaban J connectivity index is 2.34. The van der Waals surface area contributed by atoms with Gasteiger partial charge in [0.1, 0.15) is 5.60 Å². The third kappa shape index (κ3) is 4.94. The Morgan fingerprint density at radius 1 is 1.53 bits per heavy atom. The van der Waals surface area contributed by atoms with Gasteiger partial charge in [-0.3, -0.25) is 0 Å².